The van der Waals surface area contributed by atoms with Gasteiger partial charge in [-0.3, -0.25) is 0 Å². The maximum atomic E-state index is 10.6. The zero-order valence-electron chi connectivity index (χ0n) is 12.6. The van der Waals surface area contributed by atoms with Crippen molar-refractivity contribution in [1.82, 2.24) is 5.32 Å². The minimum absolute atomic E-state index is 0.997. The van der Waals surface area contributed by atoms with Crippen LogP contribution in [0.3, 0.4) is 0 Å². The van der Waals surface area contributed by atoms with Crippen LogP contribution in [0.25, 0.3) is 0 Å². The summed E-state index contributed by atoms with van der Waals surface area (Å²) in [6.07, 6.45) is 0.487. The highest BCUT2D eigenvalue weighted by Crippen LogP contribution is 2.26. The van der Waals surface area contributed by atoms with Crippen molar-refractivity contribution >= 4 is 14.2 Å². The molecule has 6 nitrogen and oxygen atoms in total. The molecule has 1 fully saturated rings. The summed E-state index contributed by atoms with van der Waals surface area (Å²) >= 11 is 0. The van der Waals surface area contributed by atoms with Gasteiger partial charge in [-0.15, -0.1) is 9.79 Å². The molecule has 22 heavy (non-hydrogen) atoms. The zero-order chi connectivity index (χ0) is 17.8. The molecule has 10 heteroatoms. The molecule has 0 unspecified atom stereocenters. The Hall–Kier alpha value is -0.760. The second-order valence-corrected chi connectivity index (χ2v) is 5.23. The molecule has 0 aromatic carbocycles. The molecule has 0 aromatic heterocycles. The fourth-order valence-electron chi connectivity index (χ4n) is 2.27. The van der Waals surface area contributed by atoms with Crippen molar-refractivity contribution in [3.8, 4) is 0 Å². The standard InChI is InChI=1S/C10H21N.C2HF3O2.HO3P/c1-3-9(4-2)10-5-7-11-8-6-10;3-2(4,5)1(6)7;1-4(2)3/h9-11H,3-8H2,1-2H3;(H,6,7);(H-,1,2,3)/p+1. The first-order chi connectivity index (χ1) is 10.1. The Morgan fingerprint density at radius 3 is 1.77 bits per heavy atom. The first kappa shape index (κ1) is 23.5. The molecule has 4 N–H and O–H groups in total. The van der Waals surface area contributed by atoms with E-state index in [0.29, 0.717) is 0 Å². The normalized spacial score (nSPS) is 15.3. The first-order valence-corrected chi connectivity index (χ1v) is 8.08. The van der Waals surface area contributed by atoms with Crippen LogP contribution in [0.5, 0.6) is 0 Å². The lowest BCUT2D eigenvalue weighted by Gasteiger charge is -2.29. The SMILES string of the molecule is CCC(CC)C1CCNCC1.O=C(O)C(F)(F)F.O=[P+](O)O. The third-order valence-electron chi connectivity index (χ3n) is 3.34. The Kier molecular flexibility index (Phi) is 13.6. The number of aliphatic carboxylic acids is 1. The molecule has 1 saturated heterocycles. The molecule has 1 aliphatic rings. The van der Waals surface area contributed by atoms with Crippen molar-refractivity contribution in [2.75, 3.05) is 13.1 Å². The highest BCUT2D eigenvalue weighted by molar-refractivity contribution is 7.30. The van der Waals surface area contributed by atoms with Crippen LogP contribution < -0.4 is 5.32 Å². The molecule has 1 heterocycles. The van der Waals surface area contributed by atoms with Gasteiger partial charge in [0.05, 0.1) is 0 Å². The van der Waals surface area contributed by atoms with Gasteiger partial charge in [0.15, 0.2) is 0 Å². The zero-order valence-corrected chi connectivity index (χ0v) is 13.5. The van der Waals surface area contributed by atoms with Gasteiger partial charge >= 0.3 is 20.4 Å². The summed E-state index contributed by atoms with van der Waals surface area (Å²) in [5.41, 5.74) is 0. The molecular formula is C12H24F3NO5P+. The molecule has 1 rings (SSSR count). The Morgan fingerprint density at radius 2 is 1.55 bits per heavy atom. The van der Waals surface area contributed by atoms with E-state index < -0.39 is 20.4 Å². The lowest BCUT2D eigenvalue weighted by atomic mass is 9.82. The van der Waals surface area contributed by atoms with Crippen LogP contribution in [0.15, 0.2) is 0 Å². The Morgan fingerprint density at radius 1 is 1.23 bits per heavy atom. The molecule has 0 amide bonds. The van der Waals surface area contributed by atoms with Crippen molar-refractivity contribution in [1.29, 1.82) is 0 Å². The maximum absolute atomic E-state index is 10.6. The summed E-state index contributed by atoms with van der Waals surface area (Å²) < 4.78 is 40.4. The Labute approximate surface area is 128 Å². The molecule has 0 bridgehead atoms. The van der Waals surface area contributed by atoms with Gasteiger partial charge in [-0.2, -0.15) is 13.2 Å². The van der Waals surface area contributed by atoms with Crippen molar-refractivity contribution in [2.45, 2.75) is 45.7 Å². The average Bonchev–Trinajstić information content (AvgIpc) is 2.40. The molecule has 1 aliphatic heterocycles. The topological polar surface area (TPSA) is 107 Å². The highest BCUT2D eigenvalue weighted by Gasteiger charge is 2.38. The van der Waals surface area contributed by atoms with E-state index in [1.807, 2.05) is 0 Å². The molecule has 0 spiro atoms. The third-order valence-corrected chi connectivity index (χ3v) is 3.34. The van der Waals surface area contributed by atoms with E-state index in [-0.39, 0.29) is 0 Å². The summed E-state index contributed by atoms with van der Waals surface area (Å²) in [6, 6.07) is 0. The van der Waals surface area contributed by atoms with Gasteiger partial charge in [0, 0.05) is 4.57 Å². The molecular weight excluding hydrogens is 326 g/mol. The van der Waals surface area contributed by atoms with Crippen molar-refractivity contribution in [2.24, 2.45) is 11.8 Å². The van der Waals surface area contributed by atoms with Gasteiger partial charge in [-0.1, -0.05) is 26.7 Å². The maximum Gasteiger partial charge on any atom is 0.692 e. The number of rotatable bonds is 3. The fourth-order valence-corrected chi connectivity index (χ4v) is 2.27. The van der Waals surface area contributed by atoms with E-state index in [1.165, 1.54) is 38.8 Å². The fraction of sp³-hybridized carbons (Fsp3) is 0.917. The Bertz CT molecular complexity index is 314. The first-order valence-electron chi connectivity index (χ1n) is 6.91. The minimum atomic E-state index is -5.08. The van der Waals surface area contributed by atoms with Crippen molar-refractivity contribution < 1.29 is 37.4 Å². The molecule has 132 valence electrons. The number of carbonyl (C=O) groups is 1. The van der Waals surface area contributed by atoms with E-state index >= 15 is 0 Å². The number of alkyl halides is 3. The van der Waals surface area contributed by atoms with Crippen LogP contribution in [0.4, 0.5) is 13.2 Å². The van der Waals surface area contributed by atoms with Crippen LogP contribution in [0, 0.1) is 11.8 Å². The van der Waals surface area contributed by atoms with Gasteiger partial charge < -0.3 is 10.4 Å². The lowest BCUT2D eigenvalue weighted by Crippen LogP contribution is -2.31. The number of carboxylic acid groups (broad SMARTS) is 1. The quantitative estimate of drug-likeness (QED) is 0.583. The number of piperidine rings is 1. The van der Waals surface area contributed by atoms with Crippen LogP contribution in [0.1, 0.15) is 39.5 Å². The number of carboxylic acids is 1. The Balaban J connectivity index is 0. The largest absolute Gasteiger partial charge is 0.692 e. The van der Waals surface area contributed by atoms with Gasteiger partial charge in [0.1, 0.15) is 0 Å². The number of hydrogen-bond donors (Lipinski definition) is 4. The summed E-state index contributed by atoms with van der Waals surface area (Å²) in [5.74, 6) is -0.740. The monoisotopic (exact) mass is 350 g/mol. The third kappa shape index (κ3) is 14.2. The van der Waals surface area contributed by atoms with Gasteiger partial charge in [0.25, 0.3) is 0 Å². The van der Waals surface area contributed by atoms with Crippen LogP contribution in [0.2, 0.25) is 0 Å². The number of hydrogen-bond acceptors (Lipinski definition) is 3. The van der Waals surface area contributed by atoms with E-state index in [0.717, 1.165) is 11.8 Å². The summed E-state index contributed by atoms with van der Waals surface area (Å²) in [5, 5.41) is 10.5. The molecule has 0 aromatic rings. The van der Waals surface area contributed by atoms with Gasteiger partial charge in [-0.05, 0) is 37.8 Å². The lowest BCUT2D eigenvalue weighted by molar-refractivity contribution is -0.192. The number of halogens is 3. The predicted molar refractivity (Wildman–Crippen MR) is 75.4 cm³/mol. The molecule has 0 atom stereocenters. The van der Waals surface area contributed by atoms with E-state index in [1.54, 1.807) is 0 Å². The molecule has 0 radical (unpaired) electrons. The highest BCUT2D eigenvalue weighted by atomic mass is 31.1. The molecule has 0 aliphatic carbocycles. The van der Waals surface area contributed by atoms with E-state index in [2.05, 4.69) is 19.2 Å². The smallest absolute Gasteiger partial charge is 0.475 e. The van der Waals surface area contributed by atoms with E-state index in [4.69, 9.17) is 24.3 Å². The summed E-state index contributed by atoms with van der Waals surface area (Å²) in [4.78, 5) is 23.1. The second kappa shape index (κ2) is 12.8. The van der Waals surface area contributed by atoms with E-state index in [9.17, 15) is 13.2 Å². The van der Waals surface area contributed by atoms with Crippen LogP contribution in [-0.2, 0) is 9.36 Å². The van der Waals surface area contributed by atoms with Crippen molar-refractivity contribution in [3.63, 3.8) is 0 Å². The minimum Gasteiger partial charge on any atom is -0.475 e. The van der Waals surface area contributed by atoms with Gasteiger partial charge in [0.2, 0.25) is 0 Å². The second-order valence-electron chi connectivity index (χ2n) is 4.72. The van der Waals surface area contributed by atoms with Gasteiger partial charge in [-0.25, -0.2) is 4.79 Å². The molecule has 0 saturated carbocycles. The average molecular weight is 350 g/mol. The van der Waals surface area contributed by atoms with Crippen LogP contribution in [-0.4, -0.2) is 40.1 Å². The van der Waals surface area contributed by atoms with Crippen LogP contribution >= 0.6 is 8.25 Å². The number of nitrogens with one attached hydrogen (secondary N) is 1. The summed E-state index contributed by atoms with van der Waals surface area (Å²) in [6.45, 7) is 7.16. The van der Waals surface area contributed by atoms with Crippen molar-refractivity contribution in [3.05, 3.63) is 0 Å². The predicted octanol–water partition coefficient (Wildman–Crippen LogP) is 2.68. The summed E-state index contributed by atoms with van der Waals surface area (Å²) in [7, 11) is -2.87.